The Bertz CT molecular complexity index is 932. The van der Waals surface area contributed by atoms with Crippen LogP contribution >= 0.6 is 0 Å². The molecule has 1 fully saturated rings. The number of carbonyl (C=O) groups excluding carboxylic acids is 2. The third kappa shape index (κ3) is 7.00. The van der Waals surface area contributed by atoms with Crippen molar-refractivity contribution >= 4 is 17.8 Å². The number of carbonyl (C=O) groups is 2. The Morgan fingerprint density at radius 3 is 2.18 bits per heavy atom. The van der Waals surface area contributed by atoms with Crippen molar-refractivity contribution in [2.24, 2.45) is 5.92 Å². The lowest BCUT2D eigenvalue weighted by Crippen LogP contribution is -2.52. The van der Waals surface area contributed by atoms with Gasteiger partial charge in [-0.15, -0.1) is 0 Å². The summed E-state index contributed by atoms with van der Waals surface area (Å²) in [5.74, 6) is 0.366. The van der Waals surface area contributed by atoms with Gasteiger partial charge in [0.05, 0.1) is 0 Å². The maximum absolute atomic E-state index is 12.8. The molecule has 0 aliphatic carbocycles. The molecule has 34 heavy (non-hydrogen) atoms. The molecule has 1 unspecified atom stereocenters. The molecule has 2 heterocycles. The van der Waals surface area contributed by atoms with Crippen LogP contribution in [0.3, 0.4) is 0 Å². The molecule has 0 radical (unpaired) electrons. The summed E-state index contributed by atoms with van der Waals surface area (Å²) in [5, 5.41) is 5.92. The van der Waals surface area contributed by atoms with Gasteiger partial charge in [-0.2, -0.15) is 0 Å². The summed E-state index contributed by atoms with van der Waals surface area (Å²) in [5.41, 5.74) is 1.75. The molecule has 1 saturated heterocycles. The van der Waals surface area contributed by atoms with Crippen molar-refractivity contribution in [3.05, 3.63) is 53.9 Å². The highest BCUT2D eigenvalue weighted by Gasteiger charge is 2.25. The number of aromatic nitrogens is 2. The van der Waals surface area contributed by atoms with Crippen molar-refractivity contribution in [2.75, 3.05) is 44.2 Å². The zero-order valence-electron chi connectivity index (χ0n) is 21.0. The van der Waals surface area contributed by atoms with Gasteiger partial charge in [-0.25, -0.2) is 9.97 Å². The maximum Gasteiger partial charge on any atom is 0.251 e. The minimum atomic E-state index is -0.582. The summed E-state index contributed by atoms with van der Waals surface area (Å²) in [6, 6.07) is 8.84. The number of amides is 2. The monoisotopic (exact) mass is 466 g/mol. The van der Waals surface area contributed by atoms with Gasteiger partial charge in [-0.05, 0) is 35.1 Å². The molecule has 2 aromatic rings. The first-order valence-electron chi connectivity index (χ1n) is 12.1. The van der Waals surface area contributed by atoms with E-state index in [1.807, 2.05) is 44.2 Å². The molecular formula is C26H38N6O2. The number of nitrogens with one attached hydrogen (secondary N) is 2. The maximum atomic E-state index is 12.8. The molecule has 1 aliphatic heterocycles. The predicted molar refractivity (Wildman–Crippen MR) is 135 cm³/mol. The quantitative estimate of drug-likeness (QED) is 0.621. The standard InChI is InChI=1S/C26H38N6O2/c1-19(2)22(30-23(33)20-7-9-21(10-8-20)26(3,4)5)24(34)27-13-14-31-15-17-32(18-16-31)25-28-11-6-12-29-25/h6-12,19,22H,13-18H2,1-5H3,(H,27,34)(H,30,33). The van der Waals surface area contributed by atoms with Crippen LogP contribution < -0.4 is 15.5 Å². The SMILES string of the molecule is CC(C)C(NC(=O)c1ccc(C(C)(C)C)cc1)C(=O)NCCN1CCN(c2ncccn2)CC1. The van der Waals surface area contributed by atoms with Crippen LogP contribution in [0.15, 0.2) is 42.7 Å². The summed E-state index contributed by atoms with van der Waals surface area (Å²) in [4.78, 5) is 38.7. The van der Waals surface area contributed by atoms with E-state index in [9.17, 15) is 9.59 Å². The molecule has 0 bridgehead atoms. The third-order valence-corrected chi connectivity index (χ3v) is 6.18. The highest BCUT2D eigenvalue weighted by atomic mass is 16.2. The van der Waals surface area contributed by atoms with Crippen LogP contribution in [0.1, 0.15) is 50.5 Å². The fourth-order valence-corrected chi connectivity index (χ4v) is 3.95. The number of nitrogens with zero attached hydrogens (tertiary/aromatic N) is 4. The fraction of sp³-hybridized carbons (Fsp3) is 0.538. The van der Waals surface area contributed by atoms with Gasteiger partial charge in [0.2, 0.25) is 11.9 Å². The molecule has 1 aliphatic rings. The number of hydrogen-bond acceptors (Lipinski definition) is 6. The van der Waals surface area contributed by atoms with E-state index in [1.165, 1.54) is 5.56 Å². The van der Waals surface area contributed by atoms with E-state index >= 15 is 0 Å². The van der Waals surface area contributed by atoms with Gasteiger partial charge in [-0.1, -0.05) is 46.8 Å². The lowest BCUT2D eigenvalue weighted by Gasteiger charge is -2.34. The number of piperazine rings is 1. The van der Waals surface area contributed by atoms with E-state index in [0.29, 0.717) is 12.1 Å². The minimum absolute atomic E-state index is 0.0211. The highest BCUT2D eigenvalue weighted by Crippen LogP contribution is 2.22. The second-order valence-corrected chi connectivity index (χ2v) is 10.2. The predicted octanol–water partition coefficient (Wildman–Crippen LogP) is 2.47. The smallest absolute Gasteiger partial charge is 0.251 e. The molecule has 8 heteroatoms. The molecule has 1 aromatic heterocycles. The average molecular weight is 467 g/mol. The van der Waals surface area contributed by atoms with Crippen LogP contribution in [0.25, 0.3) is 0 Å². The van der Waals surface area contributed by atoms with E-state index in [0.717, 1.165) is 38.7 Å². The summed E-state index contributed by atoms with van der Waals surface area (Å²) in [7, 11) is 0. The number of hydrogen-bond donors (Lipinski definition) is 2. The summed E-state index contributed by atoms with van der Waals surface area (Å²) >= 11 is 0. The molecule has 0 spiro atoms. The Morgan fingerprint density at radius 1 is 1.00 bits per heavy atom. The molecule has 2 N–H and O–H groups in total. The average Bonchev–Trinajstić information content (AvgIpc) is 2.82. The van der Waals surface area contributed by atoms with E-state index in [-0.39, 0.29) is 23.1 Å². The lowest BCUT2D eigenvalue weighted by molar-refractivity contribution is -0.124. The molecule has 2 amide bonds. The first-order chi connectivity index (χ1) is 16.1. The van der Waals surface area contributed by atoms with E-state index < -0.39 is 6.04 Å². The first-order valence-corrected chi connectivity index (χ1v) is 12.1. The van der Waals surface area contributed by atoms with Crippen LogP contribution in [0.4, 0.5) is 5.95 Å². The zero-order valence-corrected chi connectivity index (χ0v) is 21.0. The van der Waals surface area contributed by atoms with Gasteiger partial charge in [-0.3, -0.25) is 14.5 Å². The zero-order chi connectivity index (χ0) is 24.7. The third-order valence-electron chi connectivity index (χ3n) is 6.18. The summed E-state index contributed by atoms with van der Waals surface area (Å²) in [6.07, 6.45) is 3.52. The Labute approximate surface area is 203 Å². The largest absolute Gasteiger partial charge is 0.353 e. The number of benzene rings is 1. The molecule has 1 atom stereocenters. The Hall–Kier alpha value is -3.00. The molecule has 3 rings (SSSR count). The molecular weight excluding hydrogens is 428 g/mol. The topological polar surface area (TPSA) is 90.5 Å². The fourth-order valence-electron chi connectivity index (χ4n) is 3.95. The summed E-state index contributed by atoms with van der Waals surface area (Å²) < 4.78 is 0. The van der Waals surface area contributed by atoms with E-state index in [2.05, 4.69) is 51.2 Å². The van der Waals surface area contributed by atoms with E-state index in [4.69, 9.17) is 0 Å². The van der Waals surface area contributed by atoms with Crippen molar-refractivity contribution in [3.63, 3.8) is 0 Å². The molecule has 0 saturated carbocycles. The van der Waals surface area contributed by atoms with Gasteiger partial charge in [0.1, 0.15) is 6.04 Å². The minimum Gasteiger partial charge on any atom is -0.353 e. The Kier molecular flexibility index (Phi) is 8.61. The lowest BCUT2D eigenvalue weighted by atomic mass is 9.86. The van der Waals surface area contributed by atoms with Crippen LogP contribution in [0, 0.1) is 5.92 Å². The van der Waals surface area contributed by atoms with Crippen molar-refractivity contribution < 1.29 is 9.59 Å². The second-order valence-electron chi connectivity index (χ2n) is 10.2. The van der Waals surface area contributed by atoms with Crippen LogP contribution in [-0.4, -0.2) is 72.0 Å². The Balaban J connectivity index is 1.45. The van der Waals surface area contributed by atoms with Crippen molar-refractivity contribution in [2.45, 2.75) is 46.1 Å². The van der Waals surface area contributed by atoms with Crippen LogP contribution in [0.2, 0.25) is 0 Å². The van der Waals surface area contributed by atoms with Gasteiger partial charge < -0.3 is 15.5 Å². The molecule has 1 aromatic carbocycles. The van der Waals surface area contributed by atoms with Crippen molar-refractivity contribution in [1.29, 1.82) is 0 Å². The highest BCUT2D eigenvalue weighted by molar-refractivity contribution is 5.97. The van der Waals surface area contributed by atoms with Crippen LogP contribution in [0.5, 0.6) is 0 Å². The number of rotatable bonds is 8. The first kappa shape index (κ1) is 25.6. The number of anilines is 1. The van der Waals surface area contributed by atoms with Gasteiger partial charge in [0.15, 0.2) is 0 Å². The van der Waals surface area contributed by atoms with Gasteiger partial charge in [0, 0.05) is 57.2 Å². The molecule has 8 nitrogen and oxygen atoms in total. The van der Waals surface area contributed by atoms with E-state index in [1.54, 1.807) is 12.4 Å². The second kappa shape index (κ2) is 11.4. The van der Waals surface area contributed by atoms with Gasteiger partial charge in [0.25, 0.3) is 5.91 Å². The Morgan fingerprint density at radius 2 is 1.62 bits per heavy atom. The van der Waals surface area contributed by atoms with Gasteiger partial charge >= 0.3 is 0 Å². The molecule has 184 valence electrons. The van der Waals surface area contributed by atoms with Crippen molar-refractivity contribution in [3.8, 4) is 0 Å². The van der Waals surface area contributed by atoms with Crippen LogP contribution in [-0.2, 0) is 10.2 Å². The van der Waals surface area contributed by atoms with Crippen molar-refractivity contribution in [1.82, 2.24) is 25.5 Å². The normalized spacial score (nSPS) is 15.8. The summed E-state index contributed by atoms with van der Waals surface area (Å²) in [6.45, 7) is 15.1.